The Hall–Kier alpha value is -0.530. The number of hydrogen-bond acceptors (Lipinski definition) is 1. The van der Waals surface area contributed by atoms with Crippen LogP contribution in [0.4, 0.5) is 0 Å². The molecule has 0 aliphatic carbocycles. The van der Waals surface area contributed by atoms with Gasteiger partial charge in [-0.1, -0.05) is 26.7 Å². The molecule has 2 nitrogen and oxygen atoms in total. The zero-order chi connectivity index (χ0) is 9.78. The molecule has 0 bridgehead atoms. The van der Waals surface area contributed by atoms with Crippen molar-refractivity contribution < 1.29 is 9.90 Å². The summed E-state index contributed by atoms with van der Waals surface area (Å²) in [6.45, 7) is 7.56. The standard InChI is InChI=1S/C10H19O2/c1-5-6-7-8(2)10(3,4)9(11)12/h8H,5-7H2,1-4H3. The topological polar surface area (TPSA) is 37.0 Å². The van der Waals surface area contributed by atoms with Gasteiger partial charge in [0.15, 0.2) is 0 Å². The minimum atomic E-state index is -0.939. The highest BCUT2D eigenvalue weighted by atomic mass is 16.4. The summed E-state index contributed by atoms with van der Waals surface area (Å²) >= 11 is 0. The lowest BCUT2D eigenvalue weighted by atomic mass is 9.77. The van der Waals surface area contributed by atoms with Crippen LogP contribution in [0.2, 0.25) is 0 Å². The summed E-state index contributed by atoms with van der Waals surface area (Å²) in [4.78, 5) is 10.7. The van der Waals surface area contributed by atoms with Crippen molar-refractivity contribution in [3.63, 3.8) is 0 Å². The van der Waals surface area contributed by atoms with Crippen LogP contribution >= 0.6 is 0 Å². The molecule has 0 aliphatic heterocycles. The molecule has 0 spiro atoms. The molecule has 0 N–H and O–H groups in total. The number of carbonyl (C=O) groups excluding carboxylic acids is 1. The van der Waals surface area contributed by atoms with Crippen molar-refractivity contribution in [2.45, 2.75) is 47.0 Å². The van der Waals surface area contributed by atoms with Crippen LogP contribution in [0.1, 0.15) is 47.0 Å². The molecule has 1 unspecified atom stereocenters. The van der Waals surface area contributed by atoms with Gasteiger partial charge in [-0.25, -0.2) is 9.90 Å². The number of unbranched alkanes of at least 4 members (excludes halogenated alkanes) is 1. The Bertz CT molecular complexity index is 150. The lowest BCUT2D eigenvalue weighted by molar-refractivity contribution is -0.156. The second-order valence-corrected chi connectivity index (χ2v) is 4.05. The van der Waals surface area contributed by atoms with Gasteiger partial charge in [-0.15, -0.1) is 0 Å². The van der Waals surface area contributed by atoms with Gasteiger partial charge in [0, 0.05) is 0 Å². The zero-order valence-corrected chi connectivity index (χ0v) is 8.52. The highest BCUT2D eigenvalue weighted by Crippen LogP contribution is 2.30. The van der Waals surface area contributed by atoms with E-state index in [0.717, 1.165) is 19.3 Å². The summed E-state index contributed by atoms with van der Waals surface area (Å²) in [6, 6.07) is 0. The number of hydrogen-bond donors (Lipinski definition) is 0. The molecule has 0 saturated heterocycles. The first-order valence-corrected chi connectivity index (χ1v) is 4.64. The summed E-state index contributed by atoms with van der Waals surface area (Å²) in [5, 5.41) is 10.7. The SMILES string of the molecule is CCCCC(C)C(C)(C)C([O])=O. The van der Waals surface area contributed by atoms with E-state index in [1.165, 1.54) is 0 Å². The average Bonchev–Trinajstić information content (AvgIpc) is 1.99. The quantitative estimate of drug-likeness (QED) is 0.626. The Morgan fingerprint density at radius 2 is 1.92 bits per heavy atom. The second-order valence-electron chi connectivity index (χ2n) is 4.05. The van der Waals surface area contributed by atoms with E-state index in [-0.39, 0.29) is 5.92 Å². The maximum absolute atomic E-state index is 10.7. The highest BCUT2D eigenvalue weighted by Gasteiger charge is 2.34. The average molecular weight is 171 g/mol. The van der Waals surface area contributed by atoms with Gasteiger partial charge < -0.3 is 0 Å². The van der Waals surface area contributed by atoms with E-state index in [0.29, 0.717) is 0 Å². The predicted molar refractivity (Wildman–Crippen MR) is 48.2 cm³/mol. The molecule has 0 heterocycles. The minimum absolute atomic E-state index is 0.197. The third-order valence-corrected chi connectivity index (χ3v) is 2.75. The molecule has 1 atom stereocenters. The molecule has 1 radical (unpaired) electrons. The molecule has 0 aromatic heterocycles. The van der Waals surface area contributed by atoms with E-state index in [1.807, 2.05) is 6.92 Å². The van der Waals surface area contributed by atoms with Crippen molar-refractivity contribution in [3.05, 3.63) is 0 Å². The van der Waals surface area contributed by atoms with Crippen LogP contribution in [0.5, 0.6) is 0 Å². The highest BCUT2D eigenvalue weighted by molar-refractivity contribution is 5.73. The second kappa shape index (κ2) is 4.48. The molecule has 0 saturated carbocycles. The van der Waals surface area contributed by atoms with Gasteiger partial charge >= 0.3 is 5.97 Å². The van der Waals surface area contributed by atoms with Crippen molar-refractivity contribution in [1.29, 1.82) is 0 Å². The van der Waals surface area contributed by atoms with Crippen LogP contribution in [-0.2, 0) is 9.90 Å². The fourth-order valence-electron chi connectivity index (χ4n) is 1.07. The number of carbonyl (C=O) groups is 1. The summed E-state index contributed by atoms with van der Waals surface area (Å²) in [7, 11) is 0. The molecule has 0 aliphatic rings. The van der Waals surface area contributed by atoms with Crippen molar-refractivity contribution >= 4 is 5.97 Å². The Kier molecular flexibility index (Phi) is 4.29. The van der Waals surface area contributed by atoms with E-state index < -0.39 is 11.4 Å². The monoisotopic (exact) mass is 171 g/mol. The zero-order valence-electron chi connectivity index (χ0n) is 8.52. The molecule has 0 rings (SSSR count). The van der Waals surface area contributed by atoms with Gasteiger partial charge in [0.25, 0.3) is 0 Å². The molecule has 0 fully saturated rings. The largest absolute Gasteiger partial charge is 0.361 e. The minimum Gasteiger partial charge on any atom is -0.247 e. The Morgan fingerprint density at radius 3 is 2.25 bits per heavy atom. The fourth-order valence-corrected chi connectivity index (χ4v) is 1.07. The van der Waals surface area contributed by atoms with E-state index >= 15 is 0 Å². The van der Waals surface area contributed by atoms with E-state index in [4.69, 9.17) is 0 Å². The van der Waals surface area contributed by atoms with Crippen LogP contribution < -0.4 is 0 Å². The Balaban J connectivity index is 4.06. The lowest BCUT2D eigenvalue weighted by Crippen LogP contribution is -2.30. The third-order valence-electron chi connectivity index (χ3n) is 2.75. The smallest absolute Gasteiger partial charge is 0.247 e. The van der Waals surface area contributed by atoms with Crippen LogP contribution in [0, 0.1) is 11.3 Å². The van der Waals surface area contributed by atoms with Crippen molar-refractivity contribution in [1.82, 2.24) is 0 Å². The van der Waals surface area contributed by atoms with Crippen LogP contribution in [-0.4, -0.2) is 5.97 Å². The molecule has 0 amide bonds. The lowest BCUT2D eigenvalue weighted by Gasteiger charge is -2.25. The predicted octanol–water partition coefficient (Wildman–Crippen LogP) is 2.80. The fraction of sp³-hybridized carbons (Fsp3) is 0.900. The first-order chi connectivity index (χ1) is 5.42. The van der Waals surface area contributed by atoms with E-state index in [2.05, 4.69) is 6.92 Å². The normalized spacial score (nSPS) is 14.3. The molecule has 0 aromatic carbocycles. The molecular weight excluding hydrogens is 152 g/mol. The third kappa shape index (κ3) is 2.84. The number of rotatable bonds is 5. The van der Waals surface area contributed by atoms with Gasteiger partial charge in [-0.3, -0.25) is 0 Å². The maximum Gasteiger partial charge on any atom is 0.361 e. The summed E-state index contributed by atoms with van der Waals surface area (Å²) in [5.74, 6) is -0.742. The summed E-state index contributed by atoms with van der Waals surface area (Å²) < 4.78 is 0. The summed E-state index contributed by atoms with van der Waals surface area (Å²) in [6.07, 6.45) is 3.18. The first kappa shape index (κ1) is 11.5. The van der Waals surface area contributed by atoms with Gasteiger partial charge in [-0.05, 0) is 26.2 Å². The van der Waals surface area contributed by atoms with E-state index in [1.54, 1.807) is 13.8 Å². The van der Waals surface area contributed by atoms with Gasteiger partial charge in [-0.2, -0.15) is 0 Å². The van der Waals surface area contributed by atoms with Crippen molar-refractivity contribution in [2.24, 2.45) is 11.3 Å². The van der Waals surface area contributed by atoms with Gasteiger partial charge in [0.2, 0.25) is 0 Å². The first-order valence-electron chi connectivity index (χ1n) is 4.64. The molecule has 12 heavy (non-hydrogen) atoms. The van der Waals surface area contributed by atoms with Crippen molar-refractivity contribution in [3.8, 4) is 0 Å². The van der Waals surface area contributed by atoms with Crippen molar-refractivity contribution in [2.75, 3.05) is 0 Å². The Labute approximate surface area is 75.0 Å². The molecular formula is C10H19O2. The van der Waals surface area contributed by atoms with Gasteiger partial charge in [0.1, 0.15) is 0 Å². The Morgan fingerprint density at radius 1 is 1.42 bits per heavy atom. The van der Waals surface area contributed by atoms with Gasteiger partial charge in [0.05, 0.1) is 5.41 Å². The molecule has 2 heteroatoms. The van der Waals surface area contributed by atoms with E-state index in [9.17, 15) is 9.90 Å². The molecule has 0 aromatic rings. The van der Waals surface area contributed by atoms with Crippen LogP contribution in [0.3, 0.4) is 0 Å². The van der Waals surface area contributed by atoms with Crippen LogP contribution in [0.15, 0.2) is 0 Å². The molecule has 71 valence electrons. The maximum atomic E-state index is 10.7. The summed E-state index contributed by atoms with van der Waals surface area (Å²) in [5.41, 5.74) is -0.685. The van der Waals surface area contributed by atoms with Crippen LogP contribution in [0.25, 0.3) is 0 Å².